The van der Waals surface area contributed by atoms with Gasteiger partial charge in [-0.25, -0.2) is 0 Å². The van der Waals surface area contributed by atoms with Crippen molar-refractivity contribution >= 4 is 12.6 Å². The van der Waals surface area contributed by atoms with Crippen LogP contribution in [0.5, 0.6) is 0 Å². The Labute approximate surface area is 95.6 Å². The van der Waals surface area contributed by atoms with Gasteiger partial charge in [0.15, 0.2) is 0 Å². The van der Waals surface area contributed by atoms with Gasteiger partial charge in [0, 0.05) is 0 Å². The molecule has 14 heavy (non-hydrogen) atoms. The largest absolute Gasteiger partial charge is 0.179 e. The molecule has 0 rings (SSSR count). The van der Waals surface area contributed by atoms with E-state index in [-0.39, 0.29) is 0 Å². The van der Waals surface area contributed by atoms with Crippen molar-refractivity contribution < 1.29 is 0 Å². The van der Waals surface area contributed by atoms with Crippen LogP contribution in [0, 0.1) is 5.41 Å². The minimum atomic E-state index is 0.569. The van der Waals surface area contributed by atoms with E-state index in [0.717, 1.165) is 12.2 Å². The standard InChI is InChI=1S/C13H26S/c1-5-13(6-2,7-3)10-8-12(4)9-11-14/h14H,4-11H2,1-3H3. The highest BCUT2D eigenvalue weighted by atomic mass is 32.1. The van der Waals surface area contributed by atoms with E-state index in [1.807, 2.05) is 0 Å². The Morgan fingerprint density at radius 2 is 1.57 bits per heavy atom. The number of hydrogen-bond acceptors (Lipinski definition) is 1. The summed E-state index contributed by atoms with van der Waals surface area (Å²) in [7, 11) is 0. The first-order valence-corrected chi connectivity index (χ1v) is 6.54. The highest BCUT2D eigenvalue weighted by molar-refractivity contribution is 7.80. The minimum Gasteiger partial charge on any atom is -0.179 e. The summed E-state index contributed by atoms with van der Waals surface area (Å²) in [6, 6.07) is 0. The molecule has 0 spiro atoms. The quantitative estimate of drug-likeness (QED) is 0.433. The molecule has 0 N–H and O–H groups in total. The lowest BCUT2D eigenvalue weighted by molar-refractivity contribution is 0.228. The normalized spacial score (nSPS) is 11.7. The second kappa shape index (κ2) is 7.39. The lowest BCUT2D eigenvalue weighted by atomic mass is 9.75. The molecule has 0 aliphatic rings. The van der Waals surface area contributed by atoms with Crippen LogP contribution in [0.15, 0.2) is 12.2 Å². The van der Waals surface area contributed by atoms with Gasteiger partial charge in [-0.3, -0.25) is 0 Å². The molecule has 0 heterocycles. The molecule has 0 aromatic heterocycles. The van der Waals surface area contributed by atoms with Crippen LogP contribution in [-0.4, -0.2) is 5.75 Å². The van der Waals surface area contributed by atoms with Crippen LogP contribution in [0.4, 0.5) is 0 Å². The second-order valence-corrected chi connectivity index (χ2v) is 4.73. The van der Waals surface area contributed by atoms with Crippen LogP contribution in [0.1, 0.15) is 59.3 Å². The molecule has 0 fully saturated rings. The average Bonchev–Trinajstić information content (AvgIpc) is 2.21. The molecule has 0 saturated carbocycles. The number of rotatable bonds is 8. The monoisotopic (exact) mass is 214 g/mol. The summed E-state index contributed by atoms with van der Waals surface area (Å²) in [5, 5.41) is 0. The molecular weight excluding hydrogens is 188 g/mol. The van der Waals surface area contributed by atoms with Crippen molar-refractivity contribution in [3.05, 3.63) is 12.2 Å². The predicted octanol–water partition coefficient (Wildman–Crippen LogP) is 4.86. The van der Waals surface area contributed by atoms with Crippen molar-refractivity contribution in [2.24, 2.45) is 5.41 Å². The summed E-state index contributed by atoms with van der Waals surface area (Å²) in [5.74, 6) is 0.941. The van der Waals surface area contributed by atoms with Gasteiger partial charge in [0.05, 0.1) is 0 Å². The van der Waals surface area contributed by atoms with Gasteiger partial charge in [0.25, 0.3) is 0 Å². The summed E-state index contributed by atoms with van der Waals surface area (Å²) in [4.78, 5) is 0. The molecule has 0 aromatic carbocycles. The average molecular weight is 214 g/mol. The number of thiol groups is 1. The van der Waals surface area contributed by atoms with Crippen LogP contribution < -0.4 is 0 Å². The van der Waals surface area contributed by atoms with E-state index in [9.17, 15) is 0 Å². The van der Waals surface area contributed by atoms with E-state index in [2.05, 4.69) is 40.0 Å². The van der Waals surface area contributed by atoms with Crippen LogP contribution in [0.3, 0.4) is 0 Å². The first-order chi connectivity index (χ1) is 6.64. The molecule has 0 bridgehead atoms. The van der Waals surface area contributed by atoms with Crippen LogP contribution >= 0.6 is 12.6 Å². The summed E-state index contributed by atoms with van der Waals surface area (Å²) in [6.45, 7) is 11.0. The molecule has 0 amide bonds. The van der Waals surface area contributed by atoms with Gasteiger partial charge < -0.3 is 0 Å². The highest BCUT2D eigenvalue weighted by Crippen LogP contribution is 2.36. The van der Waals surface area contributed by atoms with Gasteiger partial charge in [-0.05, 0) is 30.4 Å². The summed E-state index contributed by atoms with van der Waals surface area (Å²) >= 11 is 4.23. The van der Waals surface area contributed by atoms with Gasteiger partial charge in [-0.1, -0.05) is 52.2 Å². The van der Waals surface area contributed by atoms with Gasteiger partial charge >= 0.3 is 0 Å². The first kappa shape index (κ1) is 14.1. The van der Waals surface area contributed by atoms with E-state index >= 15 is 0 Å². The van der Waals surface area contributed by atoms with Gasteiger partial charge in [0.1, 0.15) is 0 Å². The van der Waals surface area contributed by atoms with E-state index in [1.165, 1.54) is 37.7 Å². The summed E-state index contributed by atoms with van der Waals surface area (Å²) in [6.07, 6.45) is 7.48. The fourth-order valence-electron chi connectivity index (χ4n) is 2.01. The molecule has 0 aliphatic carbocycles. The topological polar surface area (TPSA) is 0 Å². The van der Waals surface area contributed by atoms with Crippen LogP contribution in [0.25, 0.3) is 0 Å². The Morgan fingerprint density at radius 1 is 1.07 bits per heavy atom. The molecule has 0 nitrogen and oxygen atoms in total. The van der Waals surface area contributed by atoms with E-state index in [0.29, 0.717) is 5.41 Å². The molecular formula is C13H26S. The second-order valence-electron chi connectivity index (χ2n) is 4.28. The Hall–Kier alpha value is 0.0900. The van der Waals surface area contributed by atoms with E-state index in [1.54, 1.807) is 0 Å². The Bertz CT molecular complexity index is 148. The van der Waals surface area contributed by atoms with Crippen molar-refractivity contribution in [2.45, 2.75) is 59.3 Å². The Kier molecular flexibility index (Phi) is 7.44. The third-order valence-corrected chi connectivity index (χ3v) is 3.95. The maximum atomic E-state index is 4.23. The highest BCUT2D eigenvalue weighted by Gasteiger charge is 2.23. The van der Waals surface area contributed by atoms with Crippen molar-refractivity contribution in [2.75, 3.05) is 5.75 Å². The zero-order chi connectivity index (χ0) is 11.0. The minimum absolute atomic E-state index is 0.569. The lowest BCUT2D eigenvalue weighted by Gasteiger charge is -2.30. The third kappa shape index (κ3) is 4.54. The van der Waals surface area contributed by atoms with Crippen LogP contribution in [0.2, 0.25) is 0 Å². The Morgan fingerprint density at radius 3 is 1.93 bits per heavy atom. The van der Waals surface area contributed by atoms with Crippen molar-refractivity contribution in [3.63, 3.8) is 0 Å². The molecule has 0 saturated heterocycles. The fourth-order valence-corrected chi connectivity index (χ4v) is 2.32. The predicted molar refractivity (Wildman–Crippen MR) is 70.2 cm³/mol. The third-order valence-electron chi connectivity index (χ3n) is 3.72. The maximum absolute atomic E-state index is 4.23. The van der Waals surface area contributed by atoms with E-state index in [4.69, 9.17) is 0 Å². The smallest absolute Gasteiger partial charge is 0.00607 e. The molecule has 0 aromatic rings. The maximum Gasteiger partial charge on any atom is -0.00607 e. The zero-order valence-electron chi connectivity index (χ0n) is 10.1. The van der Waals surface area contributed by atoms with Crippen molar-refractivity contribution in [1.82, 2.24) is 0 Å². The van der Waals surface area contributed by atoms with E-state index < -0.39 is 0 Å². The summed E-state index contributed by atoms with van der Waals surface area (Å²) in [5.41, 5.74) is 1.94. The zero-order valence-corrected chi connectivity index (χ0v) is 11.0. The van der Waals surface area contributed by atoms with Crippen molar-refractivity contribution in [3.8, 4) is 0 Å². The number of hydrogen-bond donors (Lipinski definition) is 1. The van der Waals surface area contributed by atoms with Gasteiger partial charge in [-0.2, -0.15) is 12.6 Å². The summed E-state index contributed by atoms with van der Waals surface area (Å²) < 4.78 is 0. The molecule has 0 aliphatic heterocycles. The Balaban J connectivity index is 3.99. The molecule has 0 radical (unpaired) electrons. The van der Waals surface area contributed by atoms with Crippen molar-refractivity contribution in [1.29, 1.82) is 0 Å². The van der Waals surface area contributed by atoms with Crippen LogP contribution in [-0.2, 0) is 0 Å². The molecule has 84 valence electrons. The fraction of sp³-hybridized carbons (Fsp3) is 0.846. The van der Waals surface area contributed by atoms with Gasteiger partial charge in [-0.15, -0.1) is 0 Å². The lowest BCUT2D eigenvalue weighted by Crippen LogP contribution is -2.17. The van der Waals surface area contributed by atoms with Gasteiger partial charge in [0.2, 0.25) is 0 Å². The molecule has 1 heteroatoms. The number of allylic oxidation sites excluding steroid dienone is 1. The first-order valence-electron chi connectivity index (χ1n) is 5.91. The SMILES string of the molecule is C=C(CCS)CCC(CC)(CC)CC. The molecule has 0 atom stereocenters. The molecule has 0 unspecified atom stereocenters.